The van der Waals surface area contributed by atoms with Crippen molar-refractivity contribution in [3.63, 3.8) is 0 Å². The van der Waals surface area contributed by atoms with Gasteiger partial charge in [0.25, 0.3) is 5.91 Å². The number of piperidine rings is 1. The summed E-state index contributed by atoms with van der Waals surface area (Å²) >= 11 is 0. The van der Waals surface area contributed by atoms with E-state index in [-0.39, 0.29) is 36.2 Å². The number of carbonyl (C=O) groups is 3. The molecule has 6 nitrogen and oxygen atoms in total. The van der Waals surface area contributed by atoms with E-state index in [2.05, 4.69) is 12.2 Å². The van der Waals surface area contributed by atoms with Crippen molar-refractivity contribution in [3.8, 4) is 5.75 Å². The van der Waals surface area contributed by atoms with Crippen molar-refractivity contribution in [1.29, 1.82) is 0 Å². The molecule has 0 aromatic heterocycles. The smallest absolute Gasteiger partial charge is 0.260 e. The molecule has 1 N–H and O–H groups in total. The van der Waals surface area contributed by atoms with Gasteiger partial charge in [-0.2, -0.15) is 0 Å². The lowest BCUT2D eigenvalue weighted by atomic mass is 9.92. The first-order chi connectivity index (χ1) is 13.5. The van der Waals surface area contributed by atoms with Gasteiger partial charge in [-0.05, 0) is 50.5 Å². The molecule has 1 aliphatic heterocycles. The fourth-order valence-electron chi connectivity index (χ4n) is 3.37. The molecule has 1 aliphatic rings. The standard InChI is InChI=1S/C22H32N2O4/c1-4-6-13-23-22(27)18-8-7-16(3)24(14-18)21(26)15-28-19-11-9-17(10-12-19)20(25)5-2/h9-12,16,18H,4-8,13-15H2,1-3H3,(H,23,27). The Balaban J connectivity index is 1.87. The molecule has 1 aromatic carbocycles. The summed E-state index contributed by atoms with van der Waals surface area (Å²) in [6.07, 6.45) is 4.08. The number of rotatable bonds is 9. The van der Waals surface area contributed by atoms with Crippen molar-refractivity contribution in [2.75, 3.05) is 19.7 Å². The molecule has 2 amide bonds. The van der Waals surface area contributed by atoms with E-state index in [0.717, 1.165) is 25.7 Å². The van der Waals surface area contributed by atoms with Crippen molar-refractivity contribution in [3.05, 3.63) is 29.8 Å². The number of likely N-dealkylation sites (tertiary alicyclic amines) is 1. The second kappa shape index (κ2) is 10.8. The van der Waals surface area contributed by atoms with Crippen LogP contribution in [-0.4, -0.2) is 48.2 Å². The van der Waals surface area contributed by atoms with Gasteiger partial charge in [0.1, 0.15) is 5.75 Å². The van der Waals surface area contributed by atoms with Gasteiger partial charge in [0, 0.05) is 31.1 Å². The van der Waals surface area contributed by atoms with Crippen LogP contribution < -0.4 is 10.1 Å². The molecular weight excluding hydrogens is 356 g/mol. The fraction of sp³-hybridized carbons (Fsp3) is 0.591. The second-order valence-corrected chi connectivity index (χ2v) is 7.40. The minimum absolute atomic E-state index is 0.0373. The van der Waals surface area contributed by atoms with E-state index in [1.807, 2.05) is 13.8 Å². The van der Waals surface area contributed by atoms with Crippen molar-refractivity contribution in [2.45, 2.75) is 58.9 Å². The average Bonchev–Trinajstić information content (AvgIpc) is 2.72. The molecule has 2 unspecified atom stereocenters. The maximum absolute atomic E-state index is 12.6. The number of hydrogen-bond acceptors (Lipinski definition) is 4. The molecule has 1 fully saturated rings. The second-order valence-electron chi connectivity index (χ2n) is 7.40. The highest BCUT2D eigenvalue weighted by molar-refractivity contribution is 5.95. The first-order valence-corrected chi connectivity index (χ1v) is 10.3. The van der Waals surface area contributed by atoms with Gasteiger partial charge in [0.15, 0.2) is 12.4 Å². The van der Waals surface area contributed by atoms with Crippen LogP contribution in [0.15, 0.2) is 24.3 Å². The molecule has 1 aromatic rings. The maximum Gasteiger partial charge on any atom is 0.260 e. The Labute approximate surface area is 167 Å². The Morgan fingerprint density at radius 2 is 1.86 bits per heavy atom. The zero-order valence-electron chi connectivity index (χ0n) is 17.2. The third-order valence-corrected chi connectivity index (χ3v) is 5.26. The lowest BCUT2D eigenvalue weighted by molar-refractivity contribution is -0.140. The number of carbonyl (C=O) groups excluding carboxylic acids is 3. The Morgan fingerprint density at radius 3 is 2.50 bits per heavy atom. The number of benzene rings is 1. The Hall–Kier alpha value is -2.37. The third-order valence-electron chi connectivity index (χ3n) is 5.26. The van der Waals surface area contributed by atoms with E-state index in [9.17, 15) is 14.4 Å². The van der Waals surface area contributed by atoms with Gasteiger partial charge >= 0.3 is 0 Å². The van der Waals surface area contributed by atoms with Crippen LogP contribution in [-0.2, 0) is 9.59 Å². The number of unbranched alkanes of at least 4 members (excludes halogenated alkanes) is 1. The monoisotopic (exact) mass is 388 g/mol. The molecule has 2 rings (SSSR count). The van der Waals surface area contributed by atoms with Crippen LogP contribution in [0.5, 0.6) is 5.75 Å². The zero-order valence-corrected chi connectivity index (χ0v) is 17.2. The predicted molar refractivity (Wildman–Crippen MR) is 108 cm³/mol. The first kappa shape index (κ1) is 21.9. The topological polar surface area (TPSA) is 75.7 Å². The van der Waals surface area contributed by atoms with Crippen molar-refractivity contribution < 1.29 is 19.1 Å². The SMILES string of the molecule is CCCCNC(=O)C1CCC(C)N(C(=O)COc2ccc(C(=O)CC)cc2)C1. The predicted octanol–water partition coefficient (Wildman–Crippen LogP) is 3.20. The summed E-state index contributed by atoms with van der Waals surface area (Å²) in [6.45, 7) is 6.97. The molecule has 1 saturated heterocycles. The lowest BCUT2D eigenvalue weighted by Gasteiger charge is -2.37. The van der Waals surface area contributed by atoms with E-state index < -0.39 is 0 Å². The quantitative estimate of drug-likeness (QED) is 0.521. The summed E-state index contributed by atoms with van der Waals surface area (Å²) in [5.74, 6) is 0.395. The molecule has 2 atom stereocenters. The van der Waals surface area contributed by atoms with Crippen LogP contribution in [0.3, 0.4) is 0 Å². The van der Waals surface area contributed by atoms with Gasteiger partial charge in [-0.1, -0.05) is 20.3 Å². The molecule has 0 spiro atoms. The van der Waals surface area contributed by atoms with Crippen molar-refractivity contribution >= 4 is 17.6 Å². The van der Waals surface area contributed by atoms with Crippen LogP contribution in [0.2, 0.25) is 0 Å². The number of hydrogen-bond donors (Lipinski definition) is 1. The van der Waals surface area contributed by atoms with Gasteiger partial charge in [0.2, 0.25) is 5.91 Å². The zero-order chi connectivity index (χ0) is 20.5. The Bertz CT molecular complexity index is 672. The van der Waals surface area contributed by atoms with E-state index in [1.54, 1.807) is 29.2 Å². The van der Waals surface area contributed by atoms with Gasteiger partial charge in [-0.3, -0.25) is 14.4 Å². The van der Waals surface area contributed by atoms with Crippen molar-refractivity contribution in [2.24, 2.45) is 5.92 Å². The molecule has 0 bridgehead atoms. The number of nitrogens with one attached hydrogen (secondary N) is 1. The summed E-state index contributed by atoms with van der Waals surface area (Å²) in [4.78, 5) is 38.4. The van der Waals surface area contributed by atoms with Crippen LogP contribution in [0, 0.1) is 5.92 Å². The number of Topliss-reactive ketones (excluding diaryl/α,β-unsaturated/α-hetero) is 1. The highest BCUT2D eigenvalue weighted by Gasteiger charge is 2.32. The molecule has 0 saturated carbocycles. The van der Waals surface area contributed by atoms with E-state index in [0.29, 0.717) is 30.8 Å². The van der Waals surface area contributed by atoms with Crippen LogP contribution in [0.4, 0.5) is 0 Å². The molecule has 154 valence electrons. The molecule has 0 aliphatic carbocycles. The largest absolute Gasteiger partial charge is 0.484 e. The van der Waals surface area contributed by atoms with Gasteiger partial charge < -0.3 is 15.0 Å². The van der Waals surface area contributed by atoms with E-state index in [4.69, 9.17) is 4.74 Å². The van der Waals surface area contributed by atoms with E-state index in [1.165, 1.54) is 0 Å². The molecule has 1 heterocycles. The number of ketones is 1. The molecule has 28 heavy (non-hydrogen) atoms. The summed E-state index contributed by atoms with van der Waals surface area (Å²) < 4.78 is 5.61. The minimum atomic E-state index is -0.156. The summed E-state index contributed by atoms with van der Waals surface area (Å²) in [5.41, 5.74) is 0.641. The summed E-state index contributed by atoms with van der Waals surface area (Å²) in [5, 5.41) is 2.97. The highest BCUT2D eigenvalue weighted by Crippen LogP contribution is 2.23. The maximum atomic E-state index is 12.6. The van der Waals surface area contributed by atoms with Crippen LogP contribution >= 0.6 is 0 Å². The third kappa shape index (κ3) is 6.08. The number of nitrogens with zero attached hydrogens (tertiary/aromatic N) is 1. The van der Waals surface area contributed by atoms with Crippen LogP contribution in [0.1, 0.15) is 63.2 Å². The average molecular weight is 389 g/mol. The minimum Gasteiger partial charge on any atom is -0.484 e. The van der Waals surface area contributed by atoms with Gasteiger partial charge in [-0.15, -0.1) is 0 Å². The Kier molecular flexibility index (Phi) is 8.48. The van der Waals surface area contributed by atoms with Crippen LogP contribution in [0.25, 0.3) is 0 Å². The first-order valence-electron chi connectivity index (χ1n) is 10.3. The number of amides is 2. The normalized spacial score (nSPS) is 19.2. The fourth-order valence-corrected chi connectivity index (χ4v) is 3.37. The Morgan fingerprint density at radius 1 is 1.14 bits per heavy atom. The number of ether oxygens (including phenoxy) is 1. The van der Waals surface area contributed by atoms with Crippen molar-refractivity contribution in [1.82, 2.24) is 10.2 Å². The highest BCUT2D eigenvalue weighted by atomic mass is 16.5. The molecule has 6 heteroatoms. The van der Waals surface area contributed by atoms with Gasteiger partial charge in [-0.25, -0.2) is 0 Å². The van der Waals surface area contributed by atoms with E-state index >= 15 is 0 Å². The summed E-state index contributed by atoms with van der Waals surface area (Å²) in [6, 6.07) is 6.94. The van der Waals surface area contributed by atoms with Gasteiger partial charge in [0.05, 0.1) is 5.92 Å². The molecular formula is C22H32N2O4. The summed E-state index contributed by atoms with van der Waals surface area (Å²) in [7, 11) is 0. The lowest BCUT2D eigenvalue weighted by Crippen LogP contribution is -2.50. The molecule has 0 radical (unpaired) electrons.